The van der Waals surface area contributed by atoms with Gasteiger partial charge in [-0.05, 0) is 48.0 Å². The van der Waals surface area contributed by atoms with Gasteiger partial charge >= 0.3 is 6.03 Å². The fourth-order valence-electron chi connectivity index (χ4n) is 2.49. The number of amides is 2. The Kier molecular flexibility index (Phi) is 5.86. The largest absolute Gasteiger partial charge is 0.323 e. The second-order valence-corrected chi connectivity index (χ2v) is 6.11. The lowest BCUT2D eigenvalue weighted by Gasteiger charge is -2.18. The van der Waals surface area contributed by atoms with Crippen LogP contribution in [0.15, 0.2) is 78.9 Å². The number of carbonyl (C=O) groups excluding carboxylic acids is 1. The van der Waals surface area contributed by atoms with Crippen LogP contribution in [-0.4, -0.2) is 18.0 Å². The molecular weight excluding hydrogens is 339 g/mol. The zero-order valence-corrected chi connectivity index (χ0v) is 14.9. The molecule has 0 fully saturated rings. The fourth-order valence-corrected chi connectivity index (χ4v) is 2.49. The zero-order valence-electron chi connectivity index (χ0n) is 14.9. The topological polar surface area (TPSA) is 32.3 Å². The third-order valence-electron chi connectivity index (χ3n) is 3.92. The summed E-state index contributed by atoms with van der Waals surface area (Å²) >= 11 is 0. The van der Waals surface area contributed by atoms with Crippen molar-refractivity contribution in [2.75, 3.05) is 12.4 Å². The van der Waals surface area contributed by atoms with Crippen molar-refractivity contribution in [3.63, 3.8) is 0 Å². The minimum Gasteiger partial charge on any atom is -0.323 e. The van der Waals surface area contributed by atoms with Gasteiger partial charge in [-0.2, -0.15) is 0 Å². The molecule has 27 heavy (non-hydrogen) atoms. The maximum atomic E-state index is 13.0. The Hall–Kier alpha value is -3.58. The Morgan fingerprint density at radius 2 is 1.59 bits per heavy atom. The molecule has 3 nitrogen and oxygen atoms in total. The quantitative estimate of drug-likeness (QED) is 0.664. The van der Waals surface area contributed by atoms with Crippen LogP contribution < -0.4 is 5.32 Å². The van der Waals surface area contributed by atoms with E-state index in [1.165, 1.54) is 17.0 Å². The number of carbonyl (C=O) groups is 1. The first-order valence-corrected chi connectivity index (χ1v) is 8.54. The van der Waals surface area contributed by atoms with Crippen molar-refractivity contribution in [1.29, 1.82) is 0 Å². The van der Waals surface area contributed by atoms with E-state index in [1.807, 2.05) is 54.6 Å². The van der Waals surface area contributed by atoms with E-state index in [4.69, 9.17) is 0 Å². The molecular formula is C23H19FN2O. The molecule has 3 aromatic carbocycles. The normalized spacial score (nSPS) is 9.85. The summed E-state index contributed by atoms with van der Waals surface area (Å²) in [6.45, 7) is 0.389. The van der Waals surface area contributed by atoms with Crippen LogP contribution in [0.3, 0.4) is 0 Å². The number of halogens is 1. The zero-order chi connectivity index (χ0) is 19.1. The summed E-state index contributed by atoms with van der Waals surface area (Å²) in [5.74, 6) is 5.90. The van der Waals surface area contributed by atoms with Gasteiger partial charge in [0, 0.05) is 30.4 Å². The average Bonchev–Trinajstić information content (AvgIpc) is 2.69. The van der Waals surface area contributed by atoms with Gasteiger partial charge in [-0.3, -0.25) is 0 Å². The number of hydrogen-bond donors (Lipinski definition) is 1. The molecule has 0 bridgehead atoms. The first-order chi connectivity index (χ1) is 13.1. The number of nitrogens with one attached hydrogen (secondary N) is 1. The minimum atomic E-state index is -0.292. The Morgan fingerprint density at radius 1 is 0.926 bits per heavy atom. The SMILES string of the molecule is CN(Cc1ccc(F)cc1)C(=O)Nc1cccc(C#Cc2ccccc2)c1. The van der Waals surface area contributed by atoms with Gasteiger partial charge in [-0.1, -0.05) is 48.2 Å². The van der Waals surface area contributed by atoms with Gasteiger partial charge in [0.1, 0.15) is 5.82 Å². The van der Waals surface area contributed by atoms with Gasteiger partial charge < -0.3 is 10.2 Å². The van der Waals surface area contributed by atoms with Crippen molar-refractivity contribution in [3.8, 4) is 11.8 Å². The van der Waals surface area contributed by atoms with Crippen LogP contribution in [0.25, 0.3) is 0 Å². The van der Waals surface area contributed by atoms with Crippen molar-refractivity contribution in [2.24, 2.45) is 0 Å². The molecule has 0 aliphatic rings. The van der Waals surface area contributed by atoms with Crippen molar-refractivity contribution >= 4 is 11.7 Å². The van der Waals surface area contributed by atoms with Crippen LogP contribution >= 0.6 is 0 Å². The molecule has 3 rings (SSSR count). The highest BCUT2D eigenvalue weighted by Gasteiger charge is 2.09. The van der Waals surface area contributed by atoms with Crippen molar-refractivity contribution in [1.82, 2.24) is 4.90 Å². The fraction of sp³-hybridized carbons (Fsp3) is 0.0870. The molecule has 4 heteroatoms. The molecule has 1 N–H and O–H groups in total. The van der Waals surface area contributed by atoms with Gasteiger partial charge in [0.25, 0.3) is 0 Å². The number of hydrogen-bond acceptors (Lipinski definition) is 1. The maximum absolute atomic E-state index is 13.0. The summed E-state index contributed by atoms with van der Waals surface area (Å²) in [6.07, 6.45) is 0. The van der Waals surface area contributed by atoms with E-state index in [-0.39, 0.29) is 11.8 Å². The molecule has 0 saturated carbocycles. The third-order valence-corrected chi connectivity index (χ3v) is 3.92. The van der Waals surface area contributed by atoms with E-state index in [9.17, 15) is 9.18 Å². The highest BCUT2D eigenvalue weighted by molar-refractivity contribution is 5.89. The van der Waals surface area contributed by atoms with E-state index < -0.39 is 0 Å². The first-order valence-electron chi connectivity index (χ1n) is 8.54. The lowest BCUT2D eigenvalue weighted by molar-refractivity contribution is 0.220. The summed E-state index contributed by atoms with van der Waals surface area (Å²) in [5, 5.41) is 2.86. The summed E-state index contributed by atoms with van der Waals surface area (Å²) in [5.41, 5.74) is 3.28. The molecule has 0 atom stereocenters. The highest BCUT2D eigenvalue weighted by Crippen LogP contribution is 2.12. The minimum absolute atomic E-state index is 0.243. The molecule has 0 unspecified atom stereocenters. The van der Waals surface area contributed by atoms with Gasteiger partial charge in [0.05, 0.1) is 0 Å². The molecule has 0 spiro atoms. The van der Waals surface area contributed by atoms with Crippen LogP contribution in [0.1, 0.15) is 16.7 Å². The van der Waals surface area contributed by atoms with E-state index in [0.717, 1.165) is 16.7 Å². The molecule has 0 saturated heterocycles. The summed E-state index contributed by atoms with van der Waals surface area (Å²) in [6, 6.07) is 23.0. The summed E-state index contributed by atoms with van der Waals surface area (Å²) in [4.78, 5) is 13.9. The van der Waals surface area contributed by atoms with Crippen LogP contribution in [0.4, 0.5) is 14.9 Å². The highest BCUT2D eigenvalue weighted by atomic mass is 19.1. The van der Waals surface area contributed by atoms with Crippen LogP contribution in [-0.2, 0) is 6.54 Å². The van der Waals surface area contributed by atoms with Crippen LogP contribution in [0.2, 0.25) is 0 Å². The number of benzene rings is 3. The van der Waals surface area contributed by atoms with Gasteiger partial charge in [-0.15, -0.1) is 0 Å². The molecule has 0 aliphatic heterocycles. The molecule has 0 aromatic heterocycles. The number of nitrogens with zero attached hydrogens (tertiary/aromatic N) is 1. The summed E-state index contributed by atoms with van der Waals surface area (Å²) < 4.78 is 13.0. The Bertz CT molecular complexity index is 973. The maximum Gasteiger partial charge on any atom is 0.321 e. The molecule has 0 radical (unpaired) electrons. The molecule has 0 aliphatic carbocycles. The Labute approximate surface area is 158 Å². The molecule has 2 amide bonds. The Balaban J connectivity index is 1.64. The standard InChI is InChI=1S/C23H19FN2O/c1-26(17-20-12-14-21(24)15-13-20)23(27)25-22-9-5-8-19(16-22)11-10-18-6-3-2-4-7-18/h2-9,12-16H,17H2,1H3,(H,25,27). The van der Waals surface area contributed by atoms with Crippen LogP contribution in [0, 0.1) is 17.7 Å². The van der Waals surface area contributed by atoms with Crippen molar-refractivity contribution in [2.45, 2.75) is 6.54 Å². The predicted octanol–water partition coefficient (Wildman–Crippen LogP) is 4.89. The van der Waals surface area contributed by atoms with E-state index in [1.54, 1.807) is 19.2 Å². The van der Waals surface area contributed by atoms with Crippen LogP contribution in [0.5, 0.6) is 0 Å². The van der Waals surface area contributed by atoms with Gasteiger partial charge in [-0.25, -0.2) is 9.18 Å². The van der Waals surface area contributed by atoms with Gasteiger partial charge in [0.2, 0.25) is 0 Å². The van der Waals surface area contributed by atoms with Crippen molar-refractivity contribution < 1.29 is 9.18 Å². The van der Waals surface area contributed by atoms with Crippen molar-refractivity contribution in [3.05, 3.63) is 101 Å². The number of urea groups is 1. The smallest absolute Gasteiger partial charge is 0.321 e. The molecule has 0 heterocycles. The second kappa shape index (κ2) is 8.68. The second-order valence-electron chi connectivity index (χ2n) is 6.11. The van der Waals surface area contributed by atoms with E-state index in [0.29, 0.717) is 12.2 Å². The summed E-state index contributed by atoms with van der Waals surface area (Å²) in [7, 11) is 1.69. The van der Waals surface area contributed by atoms with E-state index >= 15 is 0 Å². The predicted molar refractivity (Wildman–Crippen MR) is 106 cm³/mol. The molecule has 134 valence electrons. The Morgan fingerprint density at radius 3 is 2.33 bits per heavy atom. The lowest BCUT2D eigenvalue weighted by atomic mass is 10.1. The number of rotatable bonds is 3. The number of anilines is 1. The van der Waals surface area contributed by atoms with Gasteiger partial charge in [0.15, 0.2) is 0 Å². The third kappa shape index (κ3) is 5.45. The average molecular weight is 358 g/mol. The monoisotopic (exact) mass is 358 g/mol. The lowest BCUT2D eigenvalue weighted by Crippen LogP contribution is -2.30. The van der Waals surface area contributed by atoms with E-state index in [2.05, 4.69) is 17.2 Å². The first kappa shape index (κ1) is 18.2. The molecule has 3 aromatic rings.